The molecule has 1 aliphatic rings. The van der Waals surface area contributed by atoms with Crippen LogP contribution >= 0.6 is 0 Å². The lowest BCUT2D eigenvalue weighted by Crippen LogP contribution is -2.40. The summed E-state index contributed by atoms with van der Waals surface area (Å²) in [6.45, 7) is 7.60. The largest absolute Gasteiger partial charge is 0.480 e. The number of carbonyl (C=O) groups is 2. The molecule has 0 unspecified atom stereocenters. The zero-order valence-electron chi connectivity index (χ0n) is 16.1. The molecule has 146 valence electrons. The number of nitrogens with one attached hydrogen (secondary N) is 1. The molecule has 1 amide bonds. The molecule has 2 heterocycles. The minimum atomic E-state index is -0.896. The van der Waals surface area contributed by atoms with Crippen molar-refractivity contribution >= 4 is 23.0 Å². The fourth-order valence-electron chi connectivity index (χ4n) is 3.43. The molecule has 1 aliphatic heterocycles. The van der Waals surface area contributed by atoms with E-state index in [-0.39, 0.29) is 6.09 Å². The highest BCUT2D eigenvalue weighted by molar-refractivity contribution is 5.83. The number of rotatable bonds is 3. The molecular weight excluding hydrogens is 346 g/mol. The smallest absolute Gasteiger partial charge is 0.410 e. The molecule has 2 aromatic rings. The number of H-pyrrole nitrogens is 1. The highest BCUT2D eigenvalue weighted by Gasteiger charge is 2.32. The van der Waals surface area contributed by atoms with E-state index < -0.39 is 17.6 Å². The highest BCUT2D eigenvalue weighted by atomic mass is 16.6. The fourth-order valence-corrected chi connectivity index (χ4v) is 3.43. The van der Waals surface area contributed by atoms with Crippen molar-refractivity contribution < 1.29 is 19.4 Å². The van der Waals surface area contributed by atoms with Gasteiger partial charge in [-0.1, -0.05) is 18.2 Å². The quantitative estimate of drug-likeness (QED) is 0.863. The molecule has 7 nitrogen and oxygen atoms in total. The molecule has 0 radical (unpaired) electrons. The maximum absolute atomic E-state index is 12.3. The number of hydrogen-bond donors (Lipinski definition) is 2. The van der Waals surface area contributed by atoms with E-state index in [4.69, 9.17) is 4.74 Å². The van der Waals surface area contributed by atoms with Crippen LogP contribution in [-0.4, -0.2) is 63.7 Å². The van der Waals surface area contributed by atoms with E-state index in [2.05, 4.69) is 4.98 Å². The first-order chi connectivity index (χ1) is 12.7. The predicted molar refractivity (Wildman–Crippen MR) is 103 cm³/mol. The summed E-state index contributed by atoms with van der Waals surface area (Å²) < 4.78 is 5.45. The van der Waals surface area contributed by atoms with Gasteiger partial charge in [0.25, 0.3) is 0 Å². The molecule has 0 bridgehead atoms. The van der Waals surface area contributed by atoms with E-state index in [1.54, 1.807) is 4.90 Å². The standard InChI is InChI=1S/C20H27N3O4/c1-20(2,3)27-19(26)23-10-6-9-22(11-12-23)17(18(24)25)16-13-14-7-4-5-8-15(14)21-16/h4-5,7-8,13,17,21H,6,9-12H2,1-3H3,(H,24,25)/t17-/m1/s1. The lowest BCUT2D eigenvalue weighted by molar-refractivity contribution is -0.143. The molecule has 0 saturated carbocycles. The Bertz CT molecular complexity index is 791. The predicted octanol–water partition coefficient (Wildman–Crippen LogP) is 3.24. The second-order valence-electron chi connectivity index (χ2n) is 7.91. The summed E-state index contributed by atoms with van der Waals surface area (Å²) in [6.07, 6.45) is 0.352. The average molecular weight is 373 g/mol. The number of aromatic amines is 1. The Balaban J connectivity index is 1.75. The van der Waals surface area contributed by atoms with E-state index in [1.165, 1.54) is 0 Å². The maximum Gasteiger partial charge on any atom is 0.410 e. The zero-order chi connectivity index (χ0) is 19.6. The summed E-state index contributed by atoms with van der Waals surface area (Å²) in [5.41, 5.74) is 1.04. The lowest BCUT2D eigenvalue weighted by atomic mass is 10.1. The van der Waals surface area contributed by atoms with Gasteiger partial charge in [-0.25, -0.2) is 4.79 Å². The van der Waals surface area contributed by atoms with Gasteiger partial charge in [0.2, 0.25) is 0 Å². The van der Waals surface area contributed by atoms with Crippen molar-refractivity contribution in [3.8, 4) is 0 Å². The first kappa shape index (κ1) is 19.2. The summed E-state index contributed by atoms with van der Waals surface area (Å²) >= 11 is 0. The number of para-hydroxylation sites is 1. The van der Waals surface area contributed by atoms with E-state index in [1.807, 2.05) is 56.0 Å². The van der Waals surface area contributed by atoms with Gasteiger partial charge < -0.3 is 19.7 Å². The molecule has 1 aromatic heterocycles. The van der Waals surface area contributed by atoms with E-state index in [0.717, 1.165) is 10.9 Å². The summed E-state index contributed by atoms with van der Waals surface area (Å²) in [4.78, 5) is 31.2. The third kappa shape index (κ3) is 4.60. The topological polar surface area (TPSA) is 85.9 Å². The van der Waals surface area contributed by atoms with Crippen molar-refractivity contribution in [1.29, 1.82) is 0 Å². The van der Waals surface area contributed by atoms with Gasteiger partial charge in [-0.15, -0.1) is 0 Å². The van der Waals surface area contributed by atoms with E-state index in [0.29, 0.717) is 38.3 Å². The average Bonchev–Trinajstić information content (AvgIpc) is 2.83. The number of aromatic nitrogens is 1. The Kier molecular flexibility index (Phi) is 5.41. The normalized spacial score (nSPS) is 17.5. The highest BCUT2D eigenvalue weighted by Crippen LogP contribution is 2.26. The van der Waals surface area contributed by atoms with Crippen LogP contribution in [0.5, 0.6) is 0 Å². The summed E-state index contributed by atoms with van der Waals surface area (Å²) in [7, 11) is 0. The van der Waals surface area contributed by atoms with Crippen molar-refractivity contribution in [2.45, 2.75) is 38.8 Å². The van der Waals surface area contributed by atoms with Gasteiger partial charge in [0, 0.05) is 37.4 Å². The van der Waals surface area contributed by atoms with Gasteiger partial charge in [0.05, 0.1) is 0 Å². The zero-order valence-corrected chi connectivity index (χ0v) is 16.1. The van der Waals surface area contributed by atoms with Crippen molar-refractivity contribution in [2.24, 2.45) is 0 Å². The van der Waals surface area contributed by atoms with Crippen LogP contribution in [0, 0.1) is 0 Å². The Labute approximate surface area is 158 Å². The third-order valence-corrected chi connectivity index (χ3v) is 4.63. The molecule has 0 spiro atoms. The third-order valence-electron chi connectivity index (χ3n) is 4.63. The lowest BCUT2D eigenvalue weighted by Gasteiger charge is -2.28. The molecule has 1 fully saturated rings. The van der Waals surface area contributed by atoms with Crippen LogP contribution in [0.1, 0.15) is 38.9 Å². The number of aliphatic carboxylic acids is 1. The Morgan fingerprint density at radius 3 is 2.56 bits per heavy atom. The SMILES string of the molecule is CC(C)(C)OC(=O)N1CCCN([C@@H](C(=O)O)c2cc3ccccc3[nH]2)CC1. The van der Waals surface area contributed by atoms with Crippen molar-refractivity contribution in [1.82, 2.24) is 14.8 Å². The molecular formula is C20H27N3O4. The second kappa shape index (κ2) is 7.60. The number of carboxylic acid groups (broad SMARTS) is 1. The van der Waals surface area contributed by atoms with Crippen LogP contribution in [0.25, 0.3) is 10.9 Å². The number of benzene rings is 1. The molecule has 2 N–H and O–H groups in total. The molecule has 1 atom stereocenters. The second-order valence-corrected chi connectivity index (χ2v) is 7.91. The Morgan fingerprint density at radius 2 is 1.89 bits per heavy atom. The molecule has 7 heteroatoms. The molecule has 1 aromatic carbocycles. The number of hydrogen-bond acceptors (Lipinski definition) is 4. The van der Waals surface area contributed by atoms with Gasteiger partial charge in [-0.3, -0.25) is 9.69 Å². The van der Waals surface area contributed by atoms with Crippen LogP contribution in [0.3, 0.4) is 0 Å². The first-order valence-corrected chi connectivity index (χ1v) is 9.27. The minimum Gasteiger partial charge on any atom is -0.480 e. The minimum absolute atomic E-state index is 0.346. The number of carboxylic acids is 1. The molecule has 0 aliphatic carbocycles. The van der Waals surface area contributed by atoms with Crippen LogP contribution in [0.4, 0.5) is 4.79 Å². The Hall–Kier alpha value is -2.54. The van der Waals surface area contributed by atoms with Crippen molar-refractivity contribution in [3.05, 3.63) is 36.0 Å². The number of fused-ring (bicyclic) bond motifs is 1. The van der Waals surface area contributed by atoms with Crippen LogP contribution < -0.4 is 0 Å². The monoisotopic (exact) mass is 373 g/mol. The number of ether oxygens (including phenoxy) is 1. The number of carbonyl (C=O) groups excluding carboxylic acids is 1. The molecule has 3 rings (SSSR count). The first-order valence-electron chi connectivity index (χ1n) is 9.27. The van der Waals surface area contributed by atoms with Gasteiger partial charge in [0.1, 0.15) is 11.6 Å². The van der Waals surface area contributed by atoms with Crippen LogP contribution in [0.15, 0.2) is 30.3 Å². The van der Waals surface area contributed by atoms with Crippen molar-refractivity contribution in [2.75, 3.05) is 26.2 Å². The van der Waals surface area contributed by atoms with E-state index >= 15 is 0 Å². The number of amides is 1. The summed E-state index contributed by atoms with van der Waals surface area (Å²) in [5.74, 6) is -0.896. The number of nitrogens with zero attached hydrogens (tertiary/aromatic N) is 2. The molecule has 27 heavy (non-hydrogen) atoms. The van der Waals surface area contributed by atoms with Crippen LogP contribution in [-0.2, 0) is 9.53 Å². The van der Waals surface area contributed by atoms with E-state index in [9.17, 15) is 14.7 Å². The molecule has 1 saturated heterocycles. The van der Waals surface area contributed by atoms with Gasteiger partial charge >= 0.3 is 12.1 Å². The summed E-state index contributed by atoms with van der Waals surface area (Å²) in [5, 5.41) is 10.8. The summed E-state index contributed by atoms with van der Waals surface area (Å²) in [6, 6.07) is 8.87. The Morgan fingerprint density at radius 1 is 1.15 bits per heavy atom. The van der Waals surface area contributed by atoms with Gasteiger partial charge in [0.15, 0.2) is 0 Å². The fraction of sp³-hybridized carbons (Fsp3) is 0.500. The van der Waals surface area contributed by atoms with Gasteiger partial charge in [-0.2, -0.15) is 0 Å². The van der Waals surface area contributed by atoms with Crippen LogP contribution in [0.2, 0.25) is 0 Å². The van der Waals surface area contributed by atoms with Gasteiger partial charge in [-0.05, 0) is 44.7 Å². The van der Waals surface area contributed by atoms with Crippen molar-refractivity contribution in [3.63, 3.8) is 0 Å². The maximum atomic E-state index is 12.3.